The van der Waals surface area contributed by atoms with Crippen molar-refractivity contribution in [1.29, 1.82) is 0 Å². The van der Waals surface area contributed by atoms with Crippen LogP contribution in [0.2, 0.25) is 0 Å². The monoisotopic (exact) mass is 237 g/mol. The van der Waals surface area contributed by atoms with Gasteiger partial charge in [0.15, 0.2) is 0 Å². The summed E-state index contributed by atoms with van der Waals surface area (Å²) >= 11 is 0. The van der Waals surface area contributed by atoms with Crippen LogP contribution >= 0.6 is 0 Å². The Hall–Kier alpha value is -1.60. The Labute approximate surface area is 109 Å². The van der Waals surface area contributed by atoms with Gasteiger partial charge in [0, 0.05) is 6.04 Å². The Morgan fingerprint density at radius 1 is 0.778 bits per heavy atom. The second kappa shape index (κ2) is 4.95. The molecule has 0 radical (unpaired) electrons. The summed E-state index contributed by atoms with van der Waals surface area (Å²) in [6.07, 6.45) is 3.32. The molecule has 0 saturated carbocycles. The summed E-state index contributed by atoms with van der Waals surface area (Å²) in [7, 11) is 2.07. The largest absolute Gasteiger partial charge is 0.316 e. The van der Waals surface area contributed by atoms with Gasteiger partial charge >= 0.3 is 0 Å². The van der Waals surface area contributed by atoms with Gasteiger partial charge in [0.1, 0.15) is 0 Å². The summed E-state index contributed by atoms with van der Waals surface area (Å²) < 4.78 is 0. The van der Waals surface area contributed by atoms with Crippen molar-refractivity contribution in [2.75, 3.05) is 7.05 Å². The lowest BCUT2D eigenvalue weighted by atomic mass is 9.86. The summed E-state index contributed by atoms with van der Waals surface area (Å²) in [4.78, 5) is 0. The van der Waals surface area contributed by atoms with E-state index in [1.165, 1.54) is 22.3 Å². The zero-order valence-corrected chi connectivity index (χ0v) is 10.8. The summed E-state index contributed by atoms with van der Waals surface area (Å²) in [5, 5.41) is 3.45. The molecule has 1 nitrogen and oxygen atoms in total. The number of likely N-dealkylation sites (N-methyl/N-ethyl adjacent to an activating group) is 1. The summed E-state index contributed by atoms with van der Waals surface area (Å²) in [5.74, 6) is 0. The second-order valence-electron chi connectivity index (χ2n) is 5.11. The second-order valence-corrected chi connectivity index (χ2v) is 5.11. The fraction of sp³-hybridized carbons (Fsp3) is 0.294. The lowest BCUT2D eigenvalue weighted by Crippen LogP contribution is -2.31. The average molecular weight is 237 g/mol. The number of fused-ring (bicyclic) bond motifs is 2. The Balaban J connectivity index is 2.07. The maximum Gasteiger partial charge on any atom is 0.0145 e. The van der Waals surface area contributed by atoms with E-state index >= 15 is 0 Å². The predicted octanol–water partition coefficient (Wildman–Crippen LogP) is 2.96. The van der Waals surface area contributed by atoms with Gasteiger partial charge in [-0.05, 0) is 48.6 Å². The van der Waals surface area contributed by atoms with E-state index in [4.69, 9.17) is 0 Å². The van der Waals surface area contributed by atoms with Gasteiger partial charge in [-0.15, -0.1) is 0 Å². The van der Waals surface area contributed by atoms with Crippen molar-refractivity contribution in [3.63, 3.8) is 0 Å². The van der Waals surface area contributed by atoms with Crippen LogP contribution in [0, 0.1) is 0 Å². The molecule has 0 fully saturated rings. The van der Waals surface area contributed by atoms with Gasteiger partial charge in [-0.25, -0.2) is 0 Å². The number of hydrogen-bond acceptors (Lipinski definition) is 1. The molecule has 2 aromatic rings. The molecule has 0 aromatic heterocycles. The van der Waals surface area contributed by atoms with E-state index in [0.29, 0.717) is 6.04 Å². The van der Waals surface area contributed by atoms with Gasteiger partial charge in [0.25, 0.3) is 0 Å². The molecule has 18 heavy (non-hydrogen) atoms. The van der Waals surface area contributed by atoms with Crippen LogP contribution in [0.5, 0.6) is 0 Å². The molecule has 1 heteroatoms. The summed E-state index contributed by atoms with van der Waals surface area (Å²) in [6, 6.07) is 18.2. The molecule has 0 aliphatic heterocycles. The Bertz CT molecular complexity index is 497. The summed E-state index contributed by atoms with van der Waals surface area (Å²) in [6.45, 7) is 0. The minimum absolute atomic E-state index is 0.535. The van der Waals surface area contributed by atoms with E-state index in [1.54, 1.807) is 0 Å². The van der Waals surface area contributed by atoms with Crippen LogP contribution in [0.1, 0.15) is 22.3 Å². The van der Waals surface area contributed by atoms with Crippen LogP contribution in [0.25, 0.3) is 0 Å². The highest BCUT2D eigenvalue weighted by molar-refractivity contribution is 5.39. The highest BCUT2D eigenvalue weighted by Crippen LogP contribution is 2.23. The number of benzene rings is 2. The van der Waals surface area contributed by atoms with Crippen LogP contribution in [0.3, 0.4) is 0 Å². The van der Waals surface area contributed by atoms with E-state index in [1.807, 2.05) is 0 Å². The van der Waals surface area contributed by atoms with Crippen molar-refractivity contribution in [3.8, 4) is 0 Å². The Morgan fingerprint density at radius 2 is 1.22 bits per heavy atom. The molecule has 0 bridgehead atoms. The first kappa shape index (κ1) is 11.5. The lowest BCUT2D eigenvalue weighted by Gasteiger charge is -2.23. The van der Waals surface area contributed by atoms with E-state index in [-0.39, 0.29) is 0 Å². The van der Waals surface area contributed by atoms with Crippen LogP contribution < -0.4 is 5.32 Å². The molecule has 1 N–H and O–H groups in total. The molecular weight excluding hydrogens is 218 g/mol. The summed E-state index contributed by atoms with van der Waals surface area (Å²) in [5.41, 5.74) is 5.94. The van der Waals surface area contributed by atoms with Crippen LogP contribution in [-0.2, 0) is 19.3 Å². The van der Waals surface area contributed by atoms with Gasteiger partial charge in [0.2, 0.25) is 0 Å². The van der Waals surface area contributed by atoms with Gasteiger partial charge < -0.3 is 5.32 Å². The topological polar surface area (TPSA) is 12.0 Å². The maximum absolute atomic E-state index is 3.45. The molecule has 2 aromatic carbocycles. The molecule has 0 amide bonds. The first-order chi connectivity index (χ1) is 8.86. The first-order valence-electron chi connectivity index (χ1n) is 6.67. The first-order valence-corrected chi connectivity index (χ1v) is 6.67. The van der Waals surface area contributed by atoms with Crippen molar-refractivity contribution in [3.05, 3.63) is 70.8 Å². The zero-order chi connectivity index (χ0) is 12.4. The number of rotatable bonds is 1. The van der Waals surface area contributed by atoms with Gasteiger partial charge in [-0.2, -0.15) is 0 Å². The highest BCUT2D eigenvalue weighted by atomic mass is 14.9. The standard InChI is InChI=1S/C17H19N/c1-18-17-11-15-8-4-2-6-13(15)10-14-7-3-5-9-16(14)12-17/h2-9,17-18H,10-12H2,1H3. The minimum atomic E-state index is 0.535. The molecular formula is C17H19N. The predicted molar refractivity (Wildman–Crippen MR) is 75.9 cm³/mol. The molecule has 0 heterocycles. The van der Waals surface area contributed by atoms with E-state index in [0.717, 1.165) is 19.3 Å². The minimum Gasteiger partial charge on any atom is -0.316 e. The van der Waals surface area contributed by atoms with Crippen LogP contribution in [0.4, 0.5) is 0 Å². The normalized spacial score (nSPS) is 15.4. The van der Waals surface area contributed by atoms with Crippen LogP contribution in [-0.4, -0.2) is 13.1 Å². The highest BCUT2D eigenvalue weighted by Gasteiger charge is 2.16. The zero-order valence-electron chi connectivity index (χ0n) is 10.8. The molecule has 1 aliphatic rings. The third-order valence-electron chi connectivity index (χ3n) is 3.96. The molecule has 0 saturated heterocycles. The van der Waals surface area contributed by atoms with E-state index in [9.17, 15) is 0 Å². The van der Waals surface area contributed by atoms with Gasteiger partial charge in [-0.1, -0.05) is 48.5 Å². The van der Waals surface area contributed by atoms with Crippen molar-refractivity contribution in [1.82, 2.24) is 5.32 Å². The lowest BCUT2D eigenvalue weighted by molar-refractivity contribution is 0.549. The Kier molecular flexibility index (Phi) is 3.16. The fourth-order valence-corrected chi connectivity index (χ4v) is 2.87. The molecule has 3 rings (SSSR count). The van der Waals surface area contributed by atoms with Gasteiger partial charge in [-0.3, -0.25) is 0 Å². The van der Waals surface area contributed by atoms with Crippen molar-refractivity contribution >= 4 is 0 Å². The number of hydrogen-bond donors (Lipinski definition) is 1. The SMILES string of the molecule is CNC1Cc2ccccc2Cc2ccccc2C1. The number of nitrogens with one attached hydrogen (secondary N) is 1. The van der Waals surface area contributed by atoms with Crippen molar-refractivity contribution < 1.29 is 0 Å². The smallest absolute Gasteiger partial charge is 0.0145 e. The maximum atomic E-state index is 3.45. The molecule has 92 valence electrons. The molecule has 1 aliphatic carbocycles. The van der Waals surface area contributed by atoms with Crippen molar-refractivity contribution in [2.45, 2.75) is 25.3 Å². The van der Waals surface area contributed by atoms with E-state index < -0.39 is 0 Å². The molecule has 0 spiro atoms. The third-order valence-corrected chi connectivity index (χ3v) is 3.96. The quantitative estimate of drug-likeness (QED) is 0.804. The third kappa shape index (κ3) is 2.19. The van der Waals surface area contributed by atoms with E-state index in [2.05, 4.69) is 60.9 Å². The van der Waals surface area contributed by atoms with Crippen LogP contribution in [0.15, 0.2) is 48.5 Å². The average Bonchev–Trinajstić information content (AvgIpc) is 2.39. The fourth-order valence-electron chi connectivity index (χ4n) is 2.87. The van der Waals surface area contributed by atoms with Crippen molar-refractivity contribution in [2.24, 2.45) is 0 Å². The molecule has 0 unspecified atom stereocenters. The molecule has 0 atom stereocenters. The Morgan fingerprint density at radius 3 is 1.67 bits per heavy atom. The van der Waals surface area contributed by atoms with Gasteiger partial charge in [0.05, 0.1) is 0 Å².